The van der Waals surface area contributed by atoms with Gasteiger partial charge < -0.3 is 0 Å². The first-order valence-electron chi connectivity index (χ1n) is 15.9. The molecule has 0 spiro atoms. The quantitative estimate of drug-likeness (QED) is 0.0726. The predicted octanol–water partition coefficient (Wildman–Crippen LogP) is 9.65. The maximum Gasteiger partial charge on any atom is 0.465 e. The number of benzene rings is 1. The summed E-state index contributed by atoms with van der Waals surface area (Å²) >= 11 is 0. The smallest absolute Gasteiger partial charge is 0.297 e. The van der Waals surface area contributed by atoms with E-state index in [0.29, 0.717) is 25.0 Å². The van der Waals surface area contributed by atoms with Crippen molar-refractivity contribution in [2.45, 2.75) is 136 Å². The Hall–Kier alpha value is -1.62. The Morgan fingerprint density at radius 1 is 0.550 bits per heavy atom. The van der Waals surface area contributed by atoms with E-state index in [1.165, 1.54) is 12.8 Å². The topological polar surface area (TPSA) is 78.9 Å². The SMILES string of the molecule is CCCCCCCC(=O)CO[P+](CC(=O)CCCCCCC)(OCC(=O)CCCCCCC)Oc1ccccc1. The molecule has 1 aromatic carbocycles. The van der Waals surface area contributed by atoms with Gasteiger partial charge in [-0.05, 0) is 31.4 Å². The highest BCUT2D eigenvalue weighted by Gasteiger charge is 2.50. The number of carbonyl (C=O) groups excluding carboxylic acids is 3. The van der Waals surface area contributed by atoms with Crippen molar-refractivity contribution in [3.05, 3.63) is 30.3 Å². The fourth-order valence-corrected chi connectivity index (χ4v) is 6.55. The van der Waals surface area contributed by atoms with E-state index in [0.717, 1.165) is 83.5 Å². The van der Waals surface area contributed by atoms with Crippen molar-refractivity contribution in [3.8, 4) is 5.75 Å². The molecule has 0 radical (unpaired) electrons. The summed E-state index contributed by atoms with van der Waals surface area (Å²) in [6, 6.07) is 9.11. The van der Waals surface area contributed by atoms with E-state index in [1.807, 2.05) is 18.2 Å². The monoisotopic (exact) mass is 579 g/mol. The summed E-state index contributed by atoms with van der Waals surface area (Å²) in [7, 11) is -3.33. The van der Waals surface area contributed by atoms with Crippen molar-refractivity contribution in [2.75, 3.05) is 19.4 Å². The van der Waals surface area contributed by atoms with Gasteiger partial charge in [0.25, 0.3) is 0 Å². The van der Waals surface area contributed by atoms with E-state index in [-0.39, 0.29) is 36.7 Å². The molecule has 1 aromatic rings. The molecule has 0 N–H and O–H groups in total. The summed E-state index contributed by atoms with van der Waals surface area (Å²) in [5.74, 6) is 0.427. The van der Waals surface area contributed by atoms with Gasteiger partial charge in [0.1, 0.15) is 0 Å². The molecule has 1 rings (SSSR count). The first-order valence-corrected chi connectivity index (χ1v) is 17.6. The summed E-state index contributed by atoms with van der Waals surface area (Å²) in [6.45, 7) is 6.14. The van der Waals surface area contributed by atoms with Crippen LogP contribution in [0.1, 0.15) is 136 Å². The molecule has 6 nitrogen and oxygen atoms in total. The second-order valence-corrected chi connectivity index (χ2v) is 13.1. The van der Waals surface area contributed by atoms with Crippen LogP contribution in [0.15, 0.2) is 30.3 Å². The minimum absolute atomic E-state index is 0.0141. The zero-order valence-electron chi connectivity index (χ0n) is 25.6. The third-order valence-electron chi connectivity index (χ3n) is 6.88. The number of ketones is 3. The van der Waals surface area contributed by atoms with Crippen molar-refractivity contribution in [1.29, 1.82) is 0 Å². The molecule has 0 fully saturated rings. The molecule has 0 heterocycles. The Labute approximate surface area is 244 Å². The van der Waals surface area contributed by atoms with Crippen molar-refractivity contribution in [2.24, 2.45) is 0 Å². The molecule has 228 valence electrons. The maximum absolute atomic E-state index is 13.1. The summed E-state index contributed by atoms with van der Waals surface area (Å²) < 4.78 is 18.6. The van der Waals surface area contributed by atoms with Crippen LogP contribution in [0.3, 0.4) is 0 Å². The average Bonchev–Trinajstić information content (AvgIpc) is 2.95. The first kappa shape index (κ1) is 36.4. The van der Waals surface area contributed by atoms with Crippen LogP contribution in [0.25, 0.3) is 0 Å². The van der Waals surface area contributed by atoms with Crippen molar-refractivity contribution in [3.63, 3.8) is 0 Å². The van der Waals surface area contributed by atoms with Crippen LogP contribution in [0.5, 0.6) is 5.75 Å². The summed E-state index contributed by atoms with van der Waals surface area (Å²) in [4.78, 5) is 38.6. The Bertz CT molecular complexity index is 767. The molecule has 0 bridgehead atoms. The largest absolute Gasteiger partial charge is 0.465 e. The molecule has 0 saturated heterocycles. The highest BCUT2D eigenvalue weighted by Crippen LogP contribution is 2.61. The molecular weight excluding hydrogens is 523 g/mol. The number of hydrogen-bond acceptors (Lipinski definition) is 6. The number of hydrogen-bond donors (Lipinski definition) is 0. The summed E-state index contributed by atoms with van der Waals surface area (Å²) in [6.07, 6.45) is 17.0. The van der Waals surface area contributed by atoms with E-state index in [1.54, 1.807) is 12.1 Å². The van der Waals surface area contributed by atoms with E-state index >= 15 is 0 Å². The second kappa shape index (κ2) is 24.0. The fourth-order valence-electron chi connectivity index (χ4n) is 4.41. The Balaban J connectivity index is 2.92. The van der Waals surface area contributed by atoms with Gasteiger partial charge in [-0.25, -0.2) is 0 Å². The minimum atomic E-state index is -3.33. The van der Waals surface area contributed by atoms with Crippen molar-refractivity contribution in [1.82, 2.24) is 0 Å². The lowest BCUT2D eigenvalue weighted by atomic mass is 10.1. The lowest BCUT2D eigenvalue weighted by molar-refractivity contribution is -0.123. The average molecular weight is 580 g/mol. The fraction of sp³-hybridized carbons (Fsp3) is 0.727. The van der Waals surface area contributed by atoms with Crippen molar-refractivity contribution < 1.29 is 28.0 Å². The molecule has 0 saturated carbocycles. The van der Waals surface area contributed by atoms with Gasteiger partial charge in [0.2, 0.25) is 6.16 Å². The van der Waals surface area contributed by atoms with E-state index < -0.39 is 7.94 Å². The summed E-state index contributed by atoms with van der Waals surface area (Å²) in [5, 5.41) is 0. The first-order chi connectivity index (χ1) is 19.4. The highest BCUT2D eigenvalue weighted by molar-refractivity contribution is 7.63. The van der Waals surface area contributed by atoms with Crippen LogP contribution in [-0.2, 0) is 23.4 Å². The molecule has 0 aliphatic rings. The Kier molecular flexibility index (Phi) is 21.9. The van der Waals surface area contributed by atoms with Gasteiger partial charge in [-0.15, -0.1) is 0 Å². The molecule has 0 aliphatic heterocycles. The number of para-hydroxylation sites is 1. The van der Waals surface area contributed by atoms with Crippen LogP contribution >= 0.6 is 7.94 Å². The number of Topliss-reactive ketones (excluding diaryl/α,β-unsaturated/α-hetero) is 3. The molecule has 0 amide bonds. The normalized spacial score (nSPS) is 11.5. The van der Waals surface area contributed by atoms with Crippen molar-refractivity contribution >= 4 is 25.3 Å². The molecule has 40 heavy (non-hydrogen) atoms. The highest BCUT2D eigenvalue weighted by atomic mass is 31.2. The van der Waals surface area contributed by atoms with Crippen LogP contribution in [0, 0.1) is 0 Å². The standard InChI is InChI=1S/C33H56O6P/c1-4-7-10-13-17-22-30(34)27-37-40(39-33-25-20-16-21-26-33,29-32(36)24-19-15-12-9-6-3)38-28-31(35)23-18-14-11-8-5-2/h16,20-21,25-26H,4-15,17-19,22-24,27-29H2,1-3H3/q+1. The van der Waals surface area contributed by atoms with Crippen LogP contribution in [-0.4, -0.2) is 36.7 Å². The number of carbonyl (C=O) groups is 3. The van der Waals surface area contributed by atoms with Gasteiger partial charge in [-0.3, -0.25) is 18.9 Å². The molecular formula is C33H56O6P+. The van der Waals surface area contributed by atoms with Gasteiger partial charge in [-0.1, -0.05) is 116 Å². The van der Waals surface area contributed by atoms with Gasteiger partial charge in [0.05, 0.1) is 0 Å². The number of unbranched alkanes of at least 4 members (excludes halogenated alkanes) is 12. The third kappa shape index (κ3) is 18.7. The molecule has 0 unspecified atom stereocenters. The molecule has 0 aromatic heterocycles. The van der Waals surface area contributed by atoms with E-state index in [4.69, 9.17) is 13.6 Å². The Morgan fingerprint density at radius 2 is 0.950 bits per heavy atom. The lowest BCUT2D eigenvalue weighted by Gasteiger charge is -2.22. The predicted molar refractivity (Wildman–Crippen MR) is 166 cm³/mol. The molecule has 0 aliphatic carbocycles. The molecule has 0 atom stereocenters. The summed E-state index contributed by atoms with van der Waals surface area (Å²) in [5.41, 5.74) is 0. The Morgan fingerprint density at radius 3 is 1.38 bits per heavy atom. The zero-order chi connectivity index (χ0) is 29.3. The van der Waals surface area contributed by atoms with Crippen LogP contribution in [0.4, 0.5) is 0 Å². The molecule has 7 heteroatoms. The number of rotatable bonds is 28. The van der Waals surface area contributed by atoms with Gasteiger partial charge in [-0.2, -0.15) is 9.05 Å². The minimum Gasteiger partial charge on any atom is -0.297 e. The van der Waals surface area contributed by atoms with Gasteiger partial charge in [0, 0.05) is 19.3 Å². The maximum atomic E-state index is 13.1. The lowest BCUT2D eigenvalue weighted by Crippen LogP contribution is -2.24. The van der Waals surface area contributed by atoms with Crippen LogP contribution < -0.4 is 4.52 Å². The van der Waals surface area contributed by atoms with Gasteiger partial charge >= 0.3 is 7.94 Å². The van der Waals surface area contributed by atoms with Gasteiger partial charge in [0.15, 0.2) is 36.3 Å². The third-order valence-corrected chi connectivity index (χ3v) is 9.15. The van der Waals surface area contributed by atoms with Crippen LogP contribution in [0.2, 0.25) is 0 Å². The van der Waals surface area contributed by atoms with E-state index in [2.05, 4.69) is 20.8 Å². The zero-order valence-corrected chi connectivity index (χ0v) is 26.5. The second-order valence-electron chi connectivity index (χ2n) is 10.8. The van der Waals surface area contributed by atoms with E-state index in [9.17, 15) is 14.4 Å².